The summed E-state index contributed by atoms with van der Waals surface area (Å²) in [5.74, 6) is 0.958. The minimum atomic E-state index is -0.341. The Morgan fingerprint density at radius 2 is 1.96 bits per heavy atom. The number of amides is 2. The van der Waals surface area contributed by atoms with Crippen molar-refractivity contribution in [1.29, 1.82) is 0 Å². The molecule has 2 aliphatic heterocycles. The van der Waals surface area contributed by atoms with Gasteiger partial charge in [-0.25, -0.2) is 0 Å². The molecule has 0 saturated carbocycles. The minimum Gasteiger partial charge on any atom is -0.454 e. The number of carbonyl (C=O) groups excluding carboxylic acids is 2. The maximum atomic E-state index is 12.6. The van der Waals surface area contributed by atoms with Crippen molar-refractivity contribution in [3.05, 3.63) is 53.1 Å². The summed E-state index contributed by atoms with van der Waals surface area (Å²) in [6.07, 6.45) is 0.236. The van der Waals surface area contributed by atoms with Crippen LogP contribution in [0.2, 0.25) is 0 Å². The number of nitrogens with zero attached hydrogens (tertiary/aromatic N) is 1. The van der Waals surface area contributed by atoms with E-state index in [4.69, 9.17) is 9.47 Å². The SMILES string of the molecule is Cc1ccc(N2CC(C(=O)NCc3ccc4c(c3)OCO4)CC2=O)c(C)c1. The molecule has 27 heavy (non-hydrogen) atoms. The van der Waals surface area contributed by atoms with Gasteiger partial charge in [-0.05, 0) is 43.2 Å². The van der Waals surface area contributed by atoms with Crippen molar-refractivity contribution < 1.29 is 19.1 Å². The topological polar surface area (TPSA) is 67.9 Å². The molecule has 140 valence electrons. The number of aryl methyl sites for hydroxylation is 2. The van der Waals surface area contributed by atoms with Crippen molar-refractivity contribution in [2.45, 2.75) is 26.8 Å². The zero-order valence-electron chi connectivity index (χ0n) is 15.5. The lowest BCUT2D eigenvalue weighted by Crippen LogP contribution is -2.32. The molecule has 0 spiro atoms. The summed E-state index contributed by atoms with van der Waals surface area (Å²) in [5.41, 5.74) is 4.02. The highest BCUT2D eigenvalue weighted by atomic mass is 16.7. The Bertz CT molecular complexity index is 909. The van der Waals surface area contributed by atoms with E-state index in [2.05, 4.69) is 11.4 Å². The molecule has 2 heterocycles. The largest absolute Gasteiger partial charge is 0.454 e. The van der Waals surface area contributed by atoms with E-state index in [1.165, 1.54) is 0 Å². The Morgan fingerprint density at radius 1 is 1.15 bits per heavy atom. The van der Waals surface area contributed by atoms with Crippen LogP contribution in [-0.2, 0) is 16.1 Å². The second kappa shape index (κ2) is 6.95. The first-order chi connectivity index (χ1) is 13.0. The molecule has 0 aliphatic carbocycles. The first-order valence-electron chi connectivity index (χ1n) is 9.05. The van der Waals surface area contributed by atoms with Crippen LogP contribution in [0.25, 0.3) is 0 Å². The predicted molar refractivity (Wildman–Crippen MR) is 101 cm³/mol. The Balaban J connectivity index is 1.39. The van der Waals surface area contributed by atoms with Crippen LogP contribution in [0.5, 0.6) is 11.5 Å². The second-order valence-corrected chi connectivity index (χ2v) is 7.10. The molecule has 0 aromatic heterocycles. The summed E-state index contributed by atoms with van der Waals surface area (Å²) in [5, 5.41) is 2.93. The van der Waals surface area contributed by atoms with Crippen LogP contribution in [0.15, 0.2) is 36.4 Å². The average Bonchev–Trinajstić information content (AvgIpc) is 3.26. The van der Waals surface area contributed by atoms with Crippen LogP contribution < -0.4 is 19.7 Å². The number of anilines is 1. The quantitative estimate of drug-likeness (QED) is 0.903. The van der Waals surface area contributed by atoms with E-state index < -0.39 is 0 Å². The van der Waals surface area contributed by atoms with Gasteiger partial charge in [-0.2, -0.15) is 0 Å². The zero-order valence-corrected chi connectivity index (χ0v) is 15.5. The lowest BCUT2D eigenvalue weighted by Gasteiger charge is -2.19. The van der Waals surface area contributed by atoms with Gasteiger partial charge in [0.25, 0.3) is 0 Å². The van der Waals surface area contributed by atoms with Crippen molar-refractivity contribution in [1.82, 2.24) is 5.32 Å². The Morgan fingerprint density at radius 3 is 2.78 bits per heavy atom. The fourth-order valence-electron chi connectivity index (χ4n) is 3.61. The molecule has 4 rings (SSSR count). The number of nitrogens with one attached hydrogen (secondary N) is 1. The van der Waals surface area contributed by atoms with Crippen LogP contribution in [0.4, 0.5) is 5.69 Å². The van der Waals surface area contributed by atoms with E-state index in [9.17, 15) is 9.59 Å². The highest BCUT2D eigenvalue weighted by Crippen LogP contribution is 2.32. The summed E-state index contributed by atoms with van der Waals surface area (Å²) >= 11 is 0. The number of ether oxygens (including phenoxy) is 2. The van der Waals surface area contributed by atoms with Crippen molar-refractivity contribution in [2.24, 2.45) is 5.92 Å². The summed E-state index contributed by atoms with van der Waals surface area (Å²) in [4.78, 5) is 26.7. The number of hydrogen-bond donors (Lipinski definition) is 1. The van der Waals surface area contributed by atoms with Crippen molar-refractivity contribution in [2.75, 3.05) is 18.2 Å². The number of carbonyl (C=O) groups is 2. The molecule has 2 amide bonds. The van der Waals surface area contributed by atoms with Gasteiger partial charge in [-0.3, -0.25) is 9.59 Å². The summed E-state index contributed by atoms with van der Waals surface area (Å²) in [6, 6.07) is 11.6. The number of benzene rings is 2. The Labute approximate surface area is 158 Å². The number of hydrogen-bond acceptors (Lipinski definition) is 4. The molecule has 1 unspecified atom stereocenters. The van der Waals surface area contributed by atoms with Gasteiger partial charge in [0, 0.05) is 25.2 Å². The summed E-state index contributed by atoms with van der Waals surface area (Å²) < 4.78 is 10.6. The fourth-order valence-corrected chi connectivity index (χ4v) is 3.61. The first kappa shape index (κ1) is 17.4. The third-order valence-electron chi connectivity index (χ3n) is 5.04. The molecule has 1 atom stereocenters. The fraction of sp³-hybridized carbons (Fsp3) is 0.333. The monoisotopic (exact) mass is 366 g/mol. The normalized spacial score (nSPS) is 18.1. The van der Waals surface area contributed by atoms with Gasteiger partial charge in [0.2, 0.25) is 18.6 Å². The van der Waals surface area contributed by atoms with E-state index in [-0.39, 0.29) is 30.9 Å². The molecule has 0 bridgehead atoms. The van der Waals surface area contributed by atoms with E-state index in [1.54, 1.807) is 4.90 Å². The van der Waals surface area contributed by atoms with Crippen LogP contribution in [0.3, 0.4) is 0 Å². The molecule has 1 N–H and O–H groups in total. The lowest BCUT2D eigenvalue weighted by atomic mass is 10.1. The van der Waals surface area contributed by atoms with Crippen molar-refractivity contribution >= 4 is 17.5 Å². The highest BCUT2D eigenvalue weighted by Gasteiger charge is 2.35. The van der Waals surface area contributed by atoms with Crippen molar-refractivity contribution in [3.8, 4) is 11.5 Å². The van der Waals surface area contributed by atoms with Gasteiger partial charge in [0.05, 0.1) is 5.92 Å². The number of rotatable bonds is 4. The molecule has 2 aromatic carbocycles. The van der Waals surface area contributed by atoms with Crippen LogP contribution >= 0.6 is 0 Å². The van der Waals surface area contributed by atoms with E-state index in [0.29, 0.717) is 18.8 Å². The zero-order chi connectivity index (χ0) is 19.0. The van der Waals surface area contributed by atoms with Gasteiger partial charge in [0.15, 0.2) is 11.5 Å². The second-order valence-electron chi connectivity index (χ2n) is 7.10. The Hall–Kier alpha value is -3.02. The van der Waals surface area contributed by atoms with E-state index >= 15 is 0 Å². The smallest absolute Gasteiger partial charge is 0.231 e. The molecule has 2 aliphatic rings. The summed E-state index contributed by atoms with van der Waals surface area (Å²) in [6.45, 7) is 5.04. The van der Waals surface area contributed by atoms with Crippen molar-refractivity contribution in [3.63, 3.8) is 0 Å². The third kappa shape index (κ3) is 3.47. The van der Waals surface area contributed by atoms with Crippen LogP contribution in [0, 0.1) is 19.8 Å². The lowest BCUT2D eigenvalue weighted by molar-refractivity contribution is -0.126. The molecule has 0 radical (unpaired) electrons. The van der Waals surface area contributed by atoms with Gasteiger partial charge >= 0.3 is 0 Å². The third-order valence-corrected chi connectivity index (χ3v) is 5.04. The summed E-state index contributed by atoms with van der Waals surface area (Å²) in [7, 11) is 0. The highest BCUT2D eigenvalue weighted by molar-refractivity contribution is 6.00. The first-order valence-corrected chi connectivity index (χ1v) is 9.05. The molecule has 1 saturated heterocycles. The van der Waals surface area contributed by atoms with Crippen LogP contribution in [-0.4, -0.2) is 25.2 Å². The maximum Gasteiger partial charge on any atom is 0.231 e. The predicted octanol–water partition coefficient (Wildman–Crippen LogP) is 2.70. The van der Waals surface area contributed by atoms with Crippen LogP contribution in [0.1, 0.15) is 23.1 Å². The molecular weight excluding hydrogens is 344 g/mol. The van der Waals surface area contributed by atoms with E-state index in [0.717, 1.165) is 28.1 Å². The van der Waals surface area contributed by atoms with Gasteiger partial charge in [-0.1, -0.05) is 23.8 Å². The standard InChI is InChI=1S/C21H22N2O4/c1-13-3-5-17(14(2)7-13)23-11-16(9-20(23)24)21(25)22-10-15-4-6-18-19(8-15)27-12-26-18/h3-8,16H,9-12H2,1-2H3,(H,22,25). The molecule has 2 aromatic rings. The average molecular weight is 366 g/mol. The Kier molecular flexibility index (Phi) is 4.48. The molecule has 6 heteroatoms. The minimum absolute atomic E-state index is 0.00909. The van der Waals surface area contributed by atoms with E-state index in [1.807, 2.05) is 44.2 Å². The number of fused-ring (bicyclic) bond motifs is 1. The van der Waals surface area contributed by atoms with Gasteiger partial charge in [0.1, 0.15) is 0 Å². The molecule has 6 nitrogen and oxygen atoms in total. The maximum absolute atomic E-state index is 12.6. The molecular formula is C21H22N2O4. The van der Waals surface area contributed by atoms with Gasteiger partial charge in [-0.15, -0.1) is 0 Å². The molecule has 1 fully saturated rings. The van der Waals surface area contributed by atoms with Gasteiger partial charge < -0.3 is 19.7 Å².